The lowest BCUT2D eigenvalue weighted by molar-refractivity contribution is -0.129. The molecule has 0 aromatic carbocycles. The van der Waals surface area contributed by atoms with Gasteiger partial charge in [-0.2, -0.15) is 5.10 Å². The zero-order chi connectivity index (χ0) is 12.9. The number of aromatic nitrogens is 2. The van der Waals surface area contributed by atoms with Crippen molar-refractivity contribution in [3.63, 3.8) is 0 Å². The van der Waals surface area contributed by atoms with Gasteiger partial charge in [-0.3, -0.25) is 9.89 Å². The lowest BCUT2D eigenvalue weighted by atomic mass is 9.89. The molecule has 4 nitrogen and oxygen atoms in total. The minimum Gasteiger partial charge on any atom is -0.356 e. The summed E-state index contributed by atoms with van der Waals surface area (Å²) in [5.41, 5.74) is 2.09. The van der Waals surface area contributed by atoms with Crippen molar-refractivity contribution in [3.05, 3.63) is 17.5 Å². The van der Waals surface area contributed by atoms with Crippen molar-refractivity contribution in [2.75, 3.05) is 6.54 Å². The number of rotatable bonds is 6. The predicted molar refractivity (Wildman–Crippen MR) is 68.7 cm³/mol. The summed E-state index contributed by atoms with van der Waals surface area (Å²) in [6, 6.07) is 0. The Hall–Kier alpha value is -1.32. The Morgan fingerprint density at radius 1 is 1.53 bits per heavy atom. The second kappa shape index (κ2) is 5.84. The van der Waals surface area contributed by atoms with Gasteiger partial charge >= 0.3 is 0 Å². The number of nitrogens with zero attached hydrogens (tertiary/aromatic N) is 1. The number of hydrogen-bond acceptors (Lipinski definition) is 2. The Balaban J connectivity index is 2.25. The molecule has 2 N–H and O–H groups in total. The number of H-pyrrole nitrogens is 1. The summed E-state index contributed by atoms with van der Waals surface area (Å²) < 4.78 is 0. The van der Waals surface area contributed by atoms with Crippen LogP contribution in [0.25, 0.3) is 0 Å². The van der Waals surface area contributed by atoms with Crippen molar-refractivity contribution >= 4 is 5.91 Å². The topological polar surface area (TPSA) is 57.8 Å². The molecular weight excluding hydrogens is 214 g/mol. The monoisotopic (exact) mass is 237 g/mol. The molecule has 0 fully saturated rings. The molecular formula is C13H23N3O. The summed E-state index contributed by atoms with van der Waals surface area (Å²) in [6.07, 6.45) is 4.62. The second-order valence-electron chi connectivity index (χ2n) is 5.12. The molecule has 0 bridgehead atoms. The van der Waals surface area contributed by atoms with Gasteiger partial charge in [-0.25, -0.2) is 0 Å². The highest BCUT2D eigenvalue weighted by Crippen LogP contribution is 2.19. The molecule has 0 aliphatic rings. The van der Waals surface area contributed by atoms with Gasteiger partial charge in [0.25, 0.3) is 0 Å². The third-order valence-corrected chi connectivity index (χ3v) is 3.34. The van der Waals surface area contributed by atoms with Crippen LogP contribution in [-0.4, -0.2) is 22.6 Å². The van der Waals surface area contributed by atoms with Gasteiger partial charge in [0, 0.05) is 17.7 Å². The molecule has 0 radical (unpaired) electrons. The van der Waals surface area contributed by atoms with Crippen LogP contribution in [0.15, 0.2) is 6.20 Å². The molecule has 1 aromatic rings. The smallest absolute Gasteiger partial charge is 0.225 e. The Labute approximate surface area is 103 Å². The number of amides is 1. The number of nitrogens with one attached hydrogen (secondary N) is 2. The summed E-state index contributed by atoms with van der Waals surface area (Å²) in [7, 11) is 0. The summed E-state index contributed by atoms with van der Waals surface area (Å²) >= 11 is 0. The first kappa shape index (κ1) is 13.7. The third-order valence-electron chi connectivity index (χ3n) is 3.34. The minimum absolute atomic E-state index is 0.143. The predicted octanol–water partition coefficient (Wildman–Crippen LogP) is 2.20. The van der Waals surface area contributed by atoms with Gasteiger partial charge in [0.15, 0.2) is 0 Å². The standard InChI is InChI=1S/C13H23N3O/c1-5-13(3,4)12(17)14-8-6-7-11-9-15-16-10(11)2/h9H,5-8H2,1-4H3,(H,14,17)(H,15,16). The summed E-state index contributed by atoms with van der Waals surface area (Å²) in [5, 5.41) is 9.88. The fraction of sp³-hybridized carbons (Fsp3) is 0.692. The number of hydrogen-bond donors (Lipinski definition) is 2. The van der Waals surface area contributed by atoms with Gasteiger partial charge in [0.05, 0.1) is 6.20 Å². The van der Waals surface area contributed by atoms with Crippen molar-refractivity contribution < 1.29 is 4.79 Å². The van der Waals surface area contributed by atoms with Gasteiger partial charge in [-0.05, 0) is 31.7 Å². The highest BCUT2D eigenvalue weighted by molar-refractivity contribution is 5.81. The van der Waals surface area contributed by atoms with Gasteiger partial charge in [-0.15, -0.1) is 0 Å². The number of aromatic amines is 1. The van der Waals surface area contributed by atoms with E-state index in [0.29, 0.717) is 0 Å². The van der Waals surface area contributed by atoms with Gasteiger partial charge in [-0.1, -0.05) is 20.8 Å². The van der Waals surface area contributed by atoms with Crippen LogP contribution in [0.1, 0.15) is 44.9 Å². The van der Waals surface area contributed by atoms with Gasteiger partial charge in [0.1, 0.15) is 0 Å². The molecule has 0 saturated carbocycles. The maximum atomic E-state index is 11.8. The highest BCUT2D eigenvalue weighted by Gasteiger charge is 2.24. The molecule has 0 saturated heterocycles. The van der Waals surface area contributed by atoms with E-state index in [4.69, 9.17) is 0 Å². The van der Waals surface area contributed by atoms with Crippen LogP contribution < -0.4 is 5.32 Å². The van der Waals surface area contributed by atoms with Gasteiger partial charge < -0.3 is 5.32 Å². The molecule has 1 aromatic heterocycles. The van der Waals surface area contributed by atoms with Crippen molar-refractivity contribution in [2.24, 2.45) is 5.41 Å². The van der Waals surface area contributed by atoms with Crippen LogP contribution in [0.4, 0.5) is 0 Å². The quantitative estimate of drug-likeness (QED) is 0.745. The van der Waals surface area contributed by atoms with Crippen LogP contribution in [0.3, 0.4) is 0 Å². The maximum Gasteiger partial charge on any atom is 0.225 e. The van der Waals surface area contributed by atoms with Crippen LogP contribution in [0.5, 0.6) is 0 Å². The molecule has 1 heterocycles. The van der Waals surface area contributed by atoms with E-state index in [1.54, 1.807) is 0 Å². The normalized spacial score (nSPS) is 11.5. The van der Waals surface area contributed by atoms with Crippen LogP contribution in [-0.2, 0) is 11.2 Å². The number of aryl methyl sites for hydroxylation is 2. The Morgan fingerprint density at radius 3 is 2.76 bits per heavy atom. The molecule has 0 aliphatic carbocycles. The molecule has 0 aliphatic heterocycles. The zero-order valence-electron chi connectivity index (χ0n) is 11.3. The molecule has 0 spiro atoms. The molecule has 0 unspecified atom stereocenters. The van der Waals surface area contributed by atoms with Crippen LogP contribution >= 0.6 is 0 Å². The second-order valence-corrected chi connectivity index (χ2v) is 5.12. The van der Waals surface area contributed by atoms with E-state index in [0.717, 1.165) is 31.5 Å². The van der Waals surface area contributed by atoms with Crippen molar-refractivity contribution in [1.82, 2.24) is 15.5 Å². The average molecular weight is 237 g/mol. The van der Waals surface area contributed by atoms with E-state index in [2.05, 4.69) is 15.5 Å². The Morgan fingerprint density at radius 2 is 2.24 bits per heavy atom. The molecule has 1 amide bonds. The SMILES string of the molecule is CCC(C)(C)C(=O)NCCCc1cn[nH]c1C. The van der Waals surface area contributed by atoms with E-state index in [1.165, 1.54) is 5.56 Å². The molecule has 0 atom stereocenters. The number of carbonyl (C=O) groups excluding carboxylic acids is 1. The summed E-state index contributed by atoms with van der Waals surface area (Å²) in [6.45, 7) is 8.73. The Kier molecular flexibility index (Phi) is 4.73. The maximum absolute atomic E-state index is 11.8. The summed E-state index contributed by atoms with van der Waals surface area (Å²) in [5.74, 6) is 0.143. The molecule has 1 rings (SSSR count). The largest absolute Gasteiger partial charge is 0.356 e. The first-order chi connectivity index (χ1) is 7.97. The van der Waals surface area contributed by atoms with Gasteiger partial charge in [0.2, 0.25) is 5.91 Å². The zero-order valence-corrected chi connectivity index (χ0v) is 11.3. The molecule has 4 heteroatoms. The number of carbonyl (C=O) groups is 1. The lowest BCUT2D eigenvalue weighted by Gasteiger charge is -2.21. The van der Waals surface area contributed by atoms with E-state index in [-0.39, 0.29) is 11.3 Å². The molecule has 17 heavy (non-hydrogen) atoms. The van der Waals surface area contributed by atoms with Crippen molar-refractivity contribution in [2.45, 2.75) is 47.0 Å². The summed E-state index contributed by atoms with van der Waals surface area (Å²) in [4.78, 5) is 11.8. The van der Waals surface area contributed by atoms with E-state index < -0.39 is 0 Å². The fourth-order valence-electron chi connectivity index (χ4n) is 1.51. The average Bonchev–Trinajstić information content (AvgIpc) is 2.70. The minimum atomic E-state index is -0.258. The van der Waals surface area contributed by atoms with Crippen molar-refractivity contribution in [3.8, 4) is 0 Å². The van der Waals surface area contributed by atoms with Crippen LogP contribution in [0, 0.1) is 12.3 Å². The Bertz CT molecular complexity index is 368. The fourth-order valence-corrected chi connectivity index (χ4v) is 1.51. The first-order valence-electron chi connectivity index (χ1n) is 6.24. The molecule has 96 valence electrons. The van der Waals surface area contributed by atoms with Crippen molar-refractivity contribution in [1.29, 1.82) is 0 Å². The third kappa shape index (κ3) is 3.88. The first-order valence-corrected chi connectivity index (χ1v) is 6.24. The van der Waals surface area contributed by atoms with E-state index in [9.17, 15) is 4.79 Å². The lowest BCUT2D eigenvalue weighted by Crippen LogP contribution is -2.37. The van der Waals surface area contributed by atoms with Crippen LogP contribution in [0.2, 0.25) is 0 Å². The highest BCUT2D eigenvalue weighted by atomic mass is 16.2. The van der Waals surface area contributed by atoms with E-state index >= 15 is 0 Å². The van der Waals surface area contributed by atoms with E-state index in [1.807, 2.05) is 33.9 Å².